The predicted octanol–water partition coefficient (Wildman–Crippen LogP) is 1.03. The summed E-state index contributed by atoms with van der Waals surface area (Å²) in [6.45, 7) is 2.24. The van der Waals surface area contributed by atoms with Crippen LogP contribution in [0.25, 0.3) is 0 Å². The van der Waals surface area contributed by atoms with E-state index in [2.05, 4.69) is 15.9 Å². The van der Waals surface area contributed by atoms with Crippen LogP contribution in [0, 0.1) is 12.3 Å². The Kier molecular flexibility index (Phi) is 5.30. The molecule has 0 saturated carbocycles. The van der Waals surface area contributed by atoms with Crippen LogP contribution in [0.2, 0.25) is 0 Å². The van der Waals surface area contributed by atoms with E-state index in [1.807, 2.05) is 6.92 Å². The van der Waals surface area contributed by atoms with Crippen LogP contribution in [0.1, 0.15) is 13.3 Å². The van der Waals surface area contributed by atoms with Crippen LogP contribution in [-0.2, 0) is 4.84 Å². The summed E-state index contributed by atoms with van der Waals surface area (Å²) in [6.07, 6.45) is 7.41. The van der Waals surface area contributed by atoms with Crippen molar-refractivity contribution in [1.82, 2.24) is 0 Å². The van der Waals surface area contributed by atoms with E-state index in [0.29, 0.717) is 0 Å². The summed E-state index contributed by atoms with van der Waals surface area (Å²) >= 11 is 0. The van der Waals surface area contributed by atoms with E-state index in [1.54, 1.807) is 6.21 Å². The molecule has 0 heterocycles. The van der Waals surface area contributed by atoms with Crippen molar-refractivity contribution >= 4 is 6.21 Å². The topological polar surface area (TPSA) is 21.6 Å². The summed E-state index contributed by atoms with van der Waals surface area (Å²) in [7, 11) is 0. The molecule has 0 aliphatic rings. The summed E-state index contributed by atoms with van der Waals surface area (Å²) in [6, 6.07) is 0. The molecule has 0 aromatic heterocycles. The molecule has 0 spiro atoms. The highest BCUT2D eigenvalue weighted by molar-refractivity contribution is 5.55. The highest BCUT2D eigenvalue weighted by atomic mass is 16.6. The second-order valence-corrected chi connectivity index (χ2v) is 1.17. The van der Waals surface area contributed by atoms with Crippen molar-refractivity contribution in [3.63, 3.8) is 0 Å². The molecule has 2 nitrogen and oxygen atoms in total. The highest BCUT2D eigenvalue weighted by Gasteiger charge is 1.68. The Bertz CT molecular complexity index is 102. The molecule has 0 fully saturated rings. The van der Waals surface area contributed by atoms with Gasteiger partial charge in [-0.25, -0.2) is 0 Å². The van der Waals surface area contributed by atoms with Crippen molar-refractivity contribution in [2.24, 2.45) is 5.16 Å². The maximum absolute atomic E-state index is 4.86. The Hall–Kier alpha value is -0.970. The molecule has 0 aliphatic carbocycles. The summed E-state index contributed by atoms with van der Waals surface area (Å²) in [4.78, 5) is 4.56. The van der Waals surface area contributed by atoms with Gasteiger partial charge in [0, 0.05) is 6.21 Å². The molecule has 0 aliphatic heterocycles. The molecular formula is C6H9NO. The van der Waals surface area contributed by atoms with Crippen LogP contribution in [0.5, 0.6) is 0 Å². The molecule has 0 rings (SSSR count). The third-order valence-corrected chi connectivity index (χ3v) is 0.480. The van der Waals surface area contributed by atoms with Gasteiger partial charge in [0.05, 0.1) is 0 Å². The van der Waals surface area contributed by atoms with E-state index < -0.39 is 0 Å². The number of rotatable bonds is 3. The fourth-order valence-corrected chi connectivity index (χ4v) is 0.202. The van der Waals surface area contributed by atoms with Crippen molar-refractivity contribution in [3.8, 4) is 12.3 Å². The first-order valence-corrected chi connectivity index (χ1v) is 2.49. The van der Waals surface area contributed by atoms with Gasteiger partial charge in [-0.05, 0) is 6.42 Å². The second-order valence-electron chi connectivity index (χ2n) is 1.17. The number of terminal acetylenes is 1. The molecule has 0 aromatic rings. The van der Waals surface area contributed by atoms with E-state index in [-0.39, 0.29) is 6.61 Å². The Morgan fingerprint density at radius 3 is 3.12 bits per heavy atom. The quantitative estimate of drug-likeness (QED) is 0.231. The van der Waals surface area contributed by atoms with Crippen LogP contribution in [0.3, 0.4) is 0 Å². The van der Waals surface area contributed by atoms with Crippen LogP contribution in [0.4, 0.5) is 0 Å². The molecule has 0 radical (unpaired) electrons. The summed E-state index contributed by atoms with van der Waals surface area (Å²) in [5.41, 5.74) is 0. The van der Waals surface area contributed by atoms with Gasteiger partial charge in [-0.2, -0.15) is 0 Å². The summed E-state index contributed by atoms with van der Waals surface area (Å²) < 4.78 is 0. The summed E-state index contributed by atoms with van der Waals surface area (Å²) in [5, 5.41) is 3.51. The molecule has 0 atom stereocenters. The van der Waals surface area contributed by atoms with E-state index in [0.717, 1.165) is 6.42 Å². The van der Waals surface area contributed by atoms with Crippen LogP contribution >= 0.6 is 0 Å². The number of nitrogens with zero attached hydrogens (tertiary/aromatic N) is 1. The van der Waals surface area contributed by atoms with Crippen molar-refractivity contribution in [1.29, 1.82) is 0 Å². The zero-order valence-corrected chi connectivity index (χ0v) is 4.92. The fourth-order valence-electron chi connectivity index (χ4n) is 0.202. The van der Waals surface area contributed by atoms with Gasteiger partial charge in [0.25, 0.3) is 0 Å². The lowest BCUT2D eigenvalue weighted by atomic mass is 10.6. The maximum atomic E-state index is 4.86. The van der Waals surface area contributed by atoms with Gasteiger partial charge in [-0.1, -0.05) is 18.0 Å². The third-order valence-electron chi connectivity index (χ3n) is 0.480. The van der Waals surface area contributed by atoms with E-state index in [9.17, 15) is 0 Å². The lowest BCUT2D eigenvalue weighted by Crippen LogP contribution is -1.80. The lowest BCUT2D eigenvalue weighted by Gasteiger charge is -1.86. The molecule has 8 heavy (non-hydrogen) atoms. The van der Waals surface area contributed by atoms with Crippen molar-refractivity contribution in [2.75, 3.05) is 6.61 Å². The van der Waals surface area contributed by atoms with Crippen LogP contribution in [-0.4, -0.2) is 12.8 Å². The Balaban J connectivity index is 2.94. The first-order chi connectivity index (χ1) is 3.91. The van der Waals surface area contributed by atoms with Crippen molar-refractivity contribution in [2.45, 2.75) is 13.3 Å². The molecule has 0 bridgehead atoms. The zero-order chi connectivity index (χ0) is 6.24. The number of hydrogen-bond acceptors (Lipinski definition) is 2. The van der Waals surface area contributed by atoms with Gasteiger partial charge < -0.3 is 4.84 Å². The van der Waals surface area contributed by atoms with Gasteiger partial charge in [0.1, 0.15) is 0 Å². The molecule has 0 aromatic carbocycles. The largest absolute Gasteiger partial charge is 0.383 e. The van der Waals surface area contributed by atoms with Gasteiger partial charge in [0.2, 0.25) is 0 Å². The molecule has 0 saturated heterocycles. The SMILES string of the molecule is C#CCON=CCC. The van der Waals surface area contributed by atoms with Gasteiger partial charge in [-0.15, -0.1) is 6.42 Å². The molecule has 0 N–H and O–H groups in total. The van der Waals surface area contributed by atoms with Gasteiger partial charge >= 0.3 is 0 Å². The Morgan fingerprint density at radius 2 is 2.62 bits per heavy atom. The molecule has 44 valence electrons. The van der Waals surface area contributed by atoms with E-state index in [1.165, 1.54) is 0 Å². The molecular weight excluding hydrogens is 102 g/mol. The monoisotopic (exact) mass is 111 g/mol. The predicted molar refractivity (Wildman–Crippen MR) is 33.6 cm³/mol. The Morgan fingerprint density at radius 1 is 1.88 bits per heavy atom. The van der Waals surface area contributed by atoms with Gasteiger partial charge in [0.15, 0.2) is 6.61 Å². The fraction of sp³-hybridized carbons (Fsp3) is 0.500. The first kappa shape index (κ1) is 7.03. The van der Waals surface area contributed by atoms with Gasteiger partial charge in [-0.3, -0.25) is 0 Å². The summed E-state index contributed by atoms with van der Waals surface area (Å²) in [5.74, 6) is 2.29. The normalized spacial score (nSPS) is 9.00. The lowest BCUT2D eigenvalue weighted by molar-refractivity contribution is 0.181. The average Bonchev–Trinajstić information content (AvgIpc) is 1.81. The minimum absolute atomic E-state index is 0.260. The molecule has 0 amide bonds. The van der Waals surface area contributed by atoms with E-state index >= 15 is 0 Å². The smallest absolute Gasteiger partial charge is 0.177 e. The third kappa shape index (κ3) is 5.03. The van der Waals surface area contributed by atoms with Crippen molar-refractivity contribution in [3.05, 3.63) is 0 Å². The van der Waals surface area contributed by atoms with Crippen LogP contribution in [0.15, 0.2) is 5.16 Å². The minimum atomic E-state index is 0.260. The minimum Gasteiger partial charge on any atom is -0.383 e. The van der Waals surface area contributed by atoms with Crippen LogP contribution < -0.4 is 0 Å². The highest BCUT2D eigenvalue weighted by Crippen LogP contribution is 1.72. The average molecular weight is 111 g/mol. The van der Waals surface area contributed by atoms with E-state index in [4.69, 9.17) is 6.42 Å². The Labute approximate surface area is 49.5 Å². The number of hydrogen-bond donors (Lipinski definition) is 0. The molecule has 0 unspecified atom stereocenters. The second kappa shape index (κ2) is 6.03. The molecule has 2 heteroatoms. The number of oxime groups is 1. The van der Waals surface area contributed by atoms with Crippen molar-refractivity contribution < 1.29 is 4.84 Å². The maximum Gasteiger partial charge on any atom is 0.177 e. The standard InChI is InChI=1S/C6H9NO/c1-3-5-7-8-6-4-2/h2,5H,3,6H2,1H3. The first-order valence-electron chi connectivity index (χ1n) is 2.49. The zero-order valence-electron chi connectivity index (χ0n) is 4.92.